The van der Waals surface area contributed by atoms with Gasteiger partial charge in [0.05, 0.1) is 4.92 Å². The highest BCUT2D eigenvalue weighted by atomic mass is 32.2. The molecule has 2 aromatic rings. The van der Waals surface area contributed by atoms with E-state index in [1.807, 2.05) is 18.2 Å². The van der Waals surface area contributed by atoms with Crippen LogP contribution in [0.15, 0.2) is 54.6 Å². The Morgan fingerprint density at radius 1 is 1.05 bits per heavy atom. The first kappa shape index (κ1) is 13.4. The summed E-state index contributed by atoms with van der Waals surface area (Å²) in [5.74, 6) is 0.945. The fourth-order valence-electron chi connectivity index (χ4n) is 1.60. The molecule has 1 N–H and O–H groups in total. The first-order valence-corrected chi connectivity index (χ1v) is 6.90. The molecule has 0 aliphatic rings. The number of nitro groups is 1. The number of nitrogens with one attached hydrogen (secondary N) is 1. The number of nitro benzene ring substituents is 1. The molecule has 98 valence electrons. The molecule has 2 rings (SSSR count). The average molecular weight is 274 g/mol. The topological polar surface area (TPSA) is 55.2 Å². The number of hydrogen-bond donors (Lipinski definition) is 1. The Kier molecular flexibility index (Phi) is 4.80. The molecule has 0 bridgehead atoms. The second-order valence-corrected chi connectivity index (χ2v) is 4.89. The Labute approximate surface area is 116 Å². The molecule has 0 fully saturated rings. The van der Waals surface area contributed by atoms with Gasteiger partial charge >= 0.3 is 0 Å². The molecule has 19 heavy (non-hydrogen) atoms. The summed E-state index contributed by atoms with van der Waals surface area (Å²) in [6, 6.07) is 16.7. The van der Waals surface area contributed by atoms with Gasteiger partial charge in [-0.1, -0.05) is 42.3 Å². The van der Waals surface area contributed by atoms with E-state index < -0.39 is 4.92 Å². The lowest BCUT2D eigenvalue weighted by atomic mass is 10.2. The average Bonchev–Trinajstić information content (AvgIpc) is 2.45. The van der Waals surface area contributed by atoms with Crippen LogP contribution < -0.4 is 4.72 Å². The third-order valence-electron chi connectivity index (χ3n) is 2.60. The molecule has 5 heteroatoms. The van der Waals surface area contributed by atoms with Crippen LogP contribution in [0, 0.1) is 10.1 Å². The molecule has 0 unspecified atom stereocenters. The molecule has 0 amide bonds. The fourth-order valence-corrected chi connectivity index (χ4v) is 2.34. The number of rotatable bonds is 6. The number of nitrogens with zero attached hydrogens (tertiary/aromatic N) is 1. The van der Waals surface area contributed by atoms with Gasteiger partial charge in [0.2, 0.25) is 0 Å². The van der Waals surface area contributed by atoms with Crippen molar-refractivity contribution in [3.05, 3.63) is 70.3 Å². The van der Waals surface area contributed by atoms with E-state index in [9.17, 15) is 10.1 Å². The van der Waals surface area contributed by atoms with Crippen LogP contribution in [0.2, 0.25) is 0 Å². The van der Waals surface area contributed by atoms with Gasteiger partial charge in [0.15, 0.2) is 0 Å². The SMILES string of the molecule is O=[N+]([O-])c1ccc(NSCCc2ccccc2)cc1. The highest BCUT2D eigenvalue weighted by molar-refractivity contribution is 8.00. The van der Waals surface area contributed by atoms with Crippen molar-refractivity contribution in [1.29, 1.82) is 0 Å². The van der Waals surface area contributed by atoms with Crippen LogP contribution in [0.1, 0.15) is 5.56 Å². The highest BCUT2D eigenvalue weighted by Gasteiger charge is 2.03. The van der Waals surface area contributed by atoms with Crippen LogP contribution >= 0.6 is 11.9 Å². The van der Waals surface area contributed by atoms with E-state index >= 15 is 0 Å². The van der Waals surface area contributed by atoms with Crippen molar-refractivity contribution in [1.82, 2.24) is 0 Å². The van der Waals surface area contributed by atoms with Crippen LogP contribution in [-0.4, -0.2) is 10.7 Å². The van der Waals surface area contributed by atoms with E-state index in [1.165, 1.54) is 17.7 Å². The summed E-state index contributed by atoms with van der Waals surface area (Å²) >= 11 is 1.60. The smallest absolute Gasteiger partial charge is 0.269 e. The van der Waals surface area contributed by atoms with E-state index in [0.29, 0.717) is 0 Å². The zero-order chi connectivity index (χ0) is 13.5. The number of benzene rings is 2. The molecule has 0 aliphatic carbocycles. The fraction of sp³-hybridized carbons (Fsp3) is 0.143. The third kappa shape index (κ3) is 4.30. The van der Waals surface area contributed by atoms with Gasteiger partial charge in [0.1, 0.15) is 0 Å². The monoisotopic (exact) mass is 274 g/mol. The summed E-state index contributed by atoms with van der Waals surface area (Å²) in [4.78, 5) is 10.1. The van der Waals surface area contributed by atoms with Crippen LogP contribution in [-0.2, 0) is 6.42 Å². The van der Waals surface area contributed by atoms with E-state index in [1.54, 1.807) is 24.1 Å². The van der Waals surface area contributed by atoms with Crippen molar-refractivity contribution in [2.75, 3.05) is 10.5 Å². The van der Waals surface area contributed by atoms with Crippen LogP contribution in [0.4, 0.5) is 11.4 Å². The first-order valence-electron chi connectivity index (χ1n) is 5.92. The first-order chi connectivity index (χ1) is 9.25. The lowest BCUT2D eigenvalue weighted by Crippen LogP contribution is -1.94. The van der Waals surface area contributed by atoms with Crippen molar-refractivity contribution in [2.45, 2.75) is 6.42 Å². The normalized spacial score (nSPS) is 10.1. The van der Waals surface area contributed by atoms with Gasteiger partial charge in [0, 0.05) is 23.6 Å². The zero-order valence-corrected chi connectivity index (χ0v) is 11.1. The quantitative estimate of drug-likeness (QED) is 0.376. The molecule has 0 heterocycles. The van der Waals surface area contributed by atoms with Crippen LogP contribution in [0.25, 0.3) is 0 Å². The minimum atomic E-state index is -0.397. The highest BCUT2D eigenvalue weighted by Crippen LogP contribution is 2.18. The lowest BCUT2D eigenvalue weighted by molar-refractivity contribution is -0.384. The van der Waals surface area contributed by atoms with Gasteiger partial charge in [-0.15, -0.1) is 0 Å². The van der Waals surface area contributed by atoms with Gasteiger partial charge in [-0.2, -0.15) is 0 Å². The van der Waals surface area contributed by atoms with E-state index in [2.05, 4.69) is 16.9 Å². The molecule has 0 saturated carbocycles. The number of non-ortho nitro benzene ring substituents is 1. The summed E-state index contributed by atoms with van der Waals surface area (Å²) in [6.45, 7) is 0. The van der Waals surface area contributed by atoms with E-state index in [-0.39, 0.29) is 5.69 Å². The van der Waals surface area contributed by atoms with Crippen molar-refractivity contribution in [3.63, 3.8) is 0 Å². The number of aryl methyl sites for hydroxylation is 1. The molecular formula is C14H14N2O2S. The molecule has 0 saturated heterocycles. The Morgan fingerprint density at radius 3 is 2.37 bits per heavy atom. The van der Waals surface area contributed by atoms with Crippen molar-refractivity contribution in [3.8, 4) is 0 Å². The summed E-state index contributed by atoms with van der Waals surface area (Å²) in [6.07, 6.45) is 0.992. The largest absolute Gasteiger partial charge is 0.330 e. The van der Waals surface area contributed by atoms with Gasteiger partial charge in [-0.3, -0.25) is 10.1 Å². The lowest BCUT2D eigenvalue weighted by Gasteiger charge is -2.05. The van der Waals surface area contributed by atoms with Crippen molar-refractivity contribution in [2.24, 2.45) is 0 Å². The maximum atomic E-state index is 10.5. The Balaban J connectivity index is 1.75. The number of anilines is 1. The summed E-state index contributed by atoms with van der Waals surface area (Å²) in [5, 5.41) is 10.5. The van der Waals surface area contributed by atoms with Gasteiger partial charge in [-0.25, -0.2) is 0 Å². The Bertz CT molecular complexity index is 529. The molecule has 0 atom stereocenters. The number of hydrogen-bond acceptors (Lipinski definition) is 4. The standard InChI is InChI=1S/C14H14N2O2S/c17-16(18)14-8-6-13(7-9-14)15-19-11-10-12-4-2-1-3-5-12/h1-9,15H,10-11H2. The molecule has 4 nitrogen and oxygen atoms in total. The van der Waals surface area contributed by atoms with Crippen molar-refractivity contribution >= 4 is 23.3 Å². The molecule has 0 aliphatic heterocycles. The molecule has 2 aromatic carbocycles. The molecular weight excluding hydrogens is 260 g/mol. The summed E-state index contributed by atoms with van der Waals surface area (Å²) in [5.41, 5.74) is 2.30. The second-order valence-electron chi connectivity index (χ2n) is 3.99. The molecule has 0 spiro atoms. The van der Waals surface area contributed by atoms with Crippen LogP contribution in [0.5, 0.6) is 0 Å². The summed E-state index contributed by atoms with van der Waals surface area (Å²) in [7, 11) is 0. The van der Waals surface area contributed by atoms with Crippen molar-refractivity contribution < 1.29 is 4.92 Å². The van der Waals surface area contributed by atoms with E-state index in [0.717, 1.165) is 17.9 Å². The maximum absolute atomic E-state index is 10.5. The minimum Gasteiger partial charge on any atom is -0.330 e. The zero-order valence-electron chi connectivity index (χ0n) is 10.3. The van der Waals surface area contributed by atoms with Gasteiger partial charge in [0.25, 0.3) is 5.69 Å². The Hall–Kier alpha value is -2.01. The third-order valence-corrected chi connectivity index (χ3v) is 3.39. The summed E-state index contributed by atoms with van der Waals surface area (Å²) < 4.78 is 3.18. The van der Waals surface area contributed by atoms with Gasteiger partial charge < -0.3 is 4.72 Å². The molecule has 0 aromatic heterocycles. The molecule has 0 radical (unpaired) electrons. The predicted molar refractivity (Wildman–Crippen MR) is 79.3 cm³/mol. The predicted octanol–water partition coefficient (Wildman–Crippen LogP) is 3.90. The van der Waals surface area contributed by atoms with Gasteiger partial charge in [-0.05, 0) is 24.1 Å². The minimum absolute atomic E-state index is 0.111. The second kappa shape index (κ2) is 6.80. The maximum Gasteiger partial charge on any atom is 0.269 e. The Morgan fingerprint density at radius 2 is 1.74 bits per heavy atom. The van der Waals surface area contributed by atoms with E-state index in [4.69, 9.17) is 0 Å². The van der Waals surface area contributed by atoms with Crippen LogP contribution in [0.3, 0.4) is 0 Å².